The van der Waals surface area contributed by atoms with Gasteiger partial charge in [0.15, 0.2) is 0 Å². The minimum absolute atomic E-state index is 0.502. The number of hydrogen-bond donors (Lipinski definition) is 1. The van der Waals surface area contributed by atoms with Crippen LogP contribution in [0.1, 0.15) is 48.8 Å². The van der Waals surface area contributed by atoms with Crippen molar-refractivity contribution in [3.63, 3.8) is 0 Å². The Hall–Kier alpha value is -1.43. The number of hydrogen-bond acceptors (Lipinski definition) is 4. The van der Waals surface area contributed by atoms with Crippen LogP contribution in [0.25, 0.3) is 0 Å². The number of piperidine rings is 1. The van der Waals surface area contributed by atoms with E-state index in [2.05, 4.69) is 44.0 Å². The highest BCUT2D eigenvalue weighted by molar-refractivity contribution is 6.30. The van der Waals surface area contributed by atoms with Gasteiger partial charge in [-0.05, 0) is 49.5 Å². The summed E-state index contributed by atoms with van der Waals surface area (Å²) in [5.41, 5.74) is 1.33. The summed E-state index contributed by atoms with van der Waals surface area (Å²) in [6.07, 6.45) is 2.35. The van der Waals surface area contributed by atoms with E-state index in [9.17, 15) is 0 Å². The number of benzene rings is 1. The summed E-state index contributed by atoms with van der Waals surface area (Å²) in [6, 6.07) is 8.26. The van der Waals surface area contributed by atoms with E-state index in [0.29, 0.717) is 11.8 Å². The van der Waals surface area contributed by atoms with E-state index >= 15 is 0 Å². The lowest BCUT2D eigenvalue weighted by molar-refractivity contribution is 0.198. The predicted octanol–water partition coefficient (Wildman–Crippen LogP) is 3.02. The molecule has 0 bridgehead atoms. The molecule has 2 aromatic rings. The molecule has 1 unspecified atom stereocenters. The van der Waals surface area contributed by atoms with Crippen LogP contribution in [0.2, 0.25) is 5.02 Å². The Kier molecular flexibility index (Phi) is 5.06. The molecule has 25 heavy (non-hydrogen) atoms. The number of nitrogens with zero attached hydrogens (tertiary/aromatic N) is 4. The van der Waals surface area contributed by atoms with E-state index in [1.165, 1.54) is 24.2 Å². The topological polar surface area (TPSA) is 46.0 Å². The van der Waals surface area contributed by atoms with Crippen molar-refractivity contribution in [1.29, 1.82) is 0 Å². The quantitative estimate of drug-likeness (QED) is 0.911. The van der Waals surface area contributed by atoms with Crippen LogP contribution in [0.15, 0.2) is 24.3 Å². The summed E-state index contributed by atoms with van der Waals surface area (Å²) >= 11 is 6.13. The molecule has 1 fully saturated rings. The zero-order valence-corrected chi connectivity index (χ0v) is 15.5. The number of fused-ring (bicyclic) bond motifs is 1. The predicted molar refractivity (Wildman–Crippen MR) is 100 cm³/mol. The molecule has 134 valence electrons. The molecule has 6 heteroatoms. The molecule has 1 N–H and O–H groups in total. The first-order valence-electron chi connectivity index (χ1n) is 9.31. The summed E-state index contributed by atoms with van der Waals surface area (Å²) in [6.45, 7) is 8.53. The molecule has 1 aromatic carbocycles. The lowest BCUT2D eigenvalue weighted by Crippen LogP contribution is -2.37. The minimum Gasteiger partial charge on any atom is -0.312 e. The Morgan fingerprint density at radius 1 is 1.24 bits per heavy atom. The molecular formula is C19H26ClN5. The van der Waals surface area contributed by atoms with Crippen molar-refractivity contribution in [3.05, 3.63) is 46.5 Å². The van der Waals surface area contributed by atoms with Gasteiger partial charge in [-0.1, -0.05) is 30.7 Å². The highest BCUT2D eigenvalue weighted by atomic mass is 35.5. The maximum atomic E-state index is 6.13. The van der Waals surface area contributed by atoms with Gasteiger partial charge in [-0.15, -0.1) is 10.2 Å². The highest BCUT2D eigenvalue weighted by Gasteiger charge is 2.27. The second-order valence-corrected chi connectivity index (χ2v) is 7.77. The second kappa shape index (κ2) is 7.44. The number of nitrogens with one attached hydrogen (secondary N) is 1. The van der Waals surface area contributed by atoms with Gasteiger partial charge in [0.25, 0.3) is 0 Å². The summed E-state index contributed by atoms with van der Waals surface area (Å²) in [5.74, 6) is 3.36. The Labute approximate surface area is 154 Å². The molecule has 2 aliphatic rings. The second-order valence-electron chi connectivity index (χ2n) is 7.33. The Bertz CT molecular complexity index is 720. The van der Waals surface area contributed by atoms with Crippen LogP contribution in [0.3, 0.4) is 0 Å². The third-order valence-corrected chi connectivity index (χ3v) is 5.79. The fraction of sp³-hybridized carbons (Fsp3) is 0.579. The Morgan fingerprint density at radius 3 is 2.88 bits per heavy atom. The average Bonchev–Trinajstić information content (AvgIpc) is 3.06. The van der Waals surface area contributed by atoms with Crippen LogP contribution in [0.4, 0.5) is 0 Å². The summed E-state index contributed by atoms with van der Waals surface area (Å²) in [4.78, 5) is 2.58. The first-order chi connectivity index (χ1) is 12.2. The Morgan fingerprint density at radius 2 is 2.08 bits per heavy atom. The van der Waals surface area contributed by atoms with Crippen LogP contribution in [0.5, 0.6) is 0 Å². The van der Waals surface area contributed by atoms with Crippen molar-refractivity contribution < 1.29 is 0 Å². The normalized spacial score (nSPS) is 20.4. The maximum absolute atomic E-state index is 6.13. The van der Waals surface area contributed by atoms with E-state index in [1.807, 2.05) is 12.1 Å². The van der Waals surface area contributed by atoms with Crippen LogP contribution in [-0.2, 0) is 13.1 Å². The first-order valence-corrected chi connectivity index (χ1v) is 9.69. The fourth-order valence-corrected chi connectivity index (χ4v) is 4.29. The third-order valence-electron chi connectivity index (χ3n) is 5.55. The Balaban J connectivity index is 1.35. The van der Waals surface area contributed by atoms with Crippen LogP contribution < -0.4 is 5.32 Å². The number of rotatable bonds is 4. The van der Waals surface area contributed by atoms with Crippen molar-refractivity contribution in [1.82, 2.24) is 25.0 Å². The molecule has 1 saturated heterocycles. The molecule has 0 aliphatic carbocycles. The molecule has 3 heterocycles. The van der Waals surface area contributed by atoms with E-state index in [1.54, 1.807) is 0 Å². The number of halogens is 1. The van der Waals surface area contributed by atoms with Crippen LogP contribution >= 0.6 is 11.6 Å². The van der Waals surface area contributed by atoms with E-state index in [0.717, 1.165) is 50.1 Å². The van der Waals surface area contributed by atoms with E-state index in [4.69, 9.17) is 11.6 Å². The summed E-state index contributed by atoms with van der Waals surface area (Å²) < 4.78 is 2.34. The van der Waals surface area contributed by atoms with Gasteiger partial charge in [-0.2, -0.15) is 0 Å². The molecule has 2 aliphatic heterocycles. The monoisotopic (exact) mass is 359 g/mol. The minimum atomic E-state index is 0.502. The van der Waals surface area contributed by atoms with Gasteiger partial charge in [-0.25, -0.2) is 0 Å². The SMILES string of the molecule is CC(CN1CCC(c2nnc3n2CCNC3)CC1)c1cccc(Cl)c1. The molecule has 0 amide bonds. The zero-order chi connectivity index (χ0) is 17.2. The highest BCUT2D eigenvalue weighted by Crippen LogP contribution is 2.29. The molecule has 1 aromatic heterocycles. The lowest BCUT2D eigenvalue weighted by Gasteiger charge is -2.33. The van der Waals surface area contributed by atoms with Gasteiger partial charge in [0, 0.05) is 30.6 Å². The van der Waals surface area contributed by atoms with Gasteiger partial charge in [-0.3, -0.25) is 0 Å². The first kappa shape index (κ1) is 17.0. The molecule has 0 radical (unpaired) electrons. The summed E-state index contributed by atoms with van der Waals surface area (Å²) in [5, 5.41) is 13.1. The molecule has 0 saturated carbocycles. The van der Waals surface area contributed by atoms with Crippen molar-refractivity contribution in [2.24, 2.45) is 0 Å². The molecule has 5 nitrogen and oxygen atoms in total. The average molecular weight is 360 g/mol. The van der Waals surface area contributed by atoms with Crippen molar-refractivity contribution in [3.8, 4) is 0 Å². The number of likely N-dealkylation sites (tertiary alicyclic amines) is 1. The third kappa shape index (κ3) is 3.73. The smallest absolute Gasteiger partial charge is 0.147 e. The van der Waals surface area contributed by atoms with Crippen LogP contribution in [0, 0.1) is 0 Å². The van der Waals surface area contributed by atoms with Crippen molar-refractivity contribution >= 4 is 11.6 Å². The summed E-state index contributed by atoms with van der Waals surface area (Å²) in [7, 11) is 0. The number of aromatic nitrogens is 3. The van der Waals surface area contributed by atoms with E-state index in [-0.39, 0.29) is 0 Å². The lowest BCUT2D eigenvalue weighted by atomic mass is 9.94. The van der Waals surface area contributed by atoms with Crippen LogP contribution in [-0.4, -0.2) is 45.8 Å². The van der Waals surface area contributed by atoms with Crippen molar-refractivity contribution in [2.45, 2.75) is 44.7 Å². The van der Waals surface area contributed by atoms with Gasteiger partial charge >= 0.3 is 0 Å². The molecule has 1 atom stereocenters. The molecular weight excluding hydrogens is 334 g/mol. The largest absolute Gasteiger partial charge is 0.312 e. The molecule has 4 rings (SSSR count). The fourth-order valence-electron chi connectivity index (χ4n) is 4.10. The van der Waals surface area contributed by atoms with Gasteiger partial charge in [0.2, 0.25) is 0 Å². The van der Waals surface area contributed by atoms with Crippen molar-refractivity contribution in [2.75, 3.05) is 26.2 Å². The van der Waals surface area contributed by atoms with Gasteiger partial charge < -0.3 is 14.8 Å². The van der Waals surface area contributed by atoms with Gasteiger partial charge in [0.1, 0.15) is 11.6 Å². The maximum Gasteiger partial charge on any atom is 0.147 e. The zero-order valence-electron chi connectivity index (χ0n) is 14.8. The standard InChI is InChI=1S/C19H26ClN5/c1-14(16-3-2-4-17(20)11-16)13-24-8-5-15(6-9-24)19-23-22-18-12-21-7-10-25(18)19/h2-4,11,14-15,21H,5-10,12-13H2,1H3. The van der Waals surface area contributed by atoms with E-state index < -0.39 is 0 Å². The molecule has 0 spiro atoms. The van der Waals surface area contributed by atoms with Gasteiger partial charge in [0.05, 0.1) is 6.54 Å².